The van der Waals surface area contributed by atoms with Crippen molar-refractivity contribution in [1.29, 1.82) is 0 Å². The van der Waals surface area contributed by atoms with Crippen molar-refractivity contribution in [2.75, 3.05) is 24.5 Å². The molecule has 0 unspecified atom stereocenters. The molecule has 1 aromatic carbocycles. The molecule has 0 saturated carbocycles. The van der Waals surface area contributed by atoms with Crippen LogP contribution in [0.15, 0.2) is 18.2 Å². The van der Waals surface area contributed by atoms with E-state index in [1.807, 2.05) is 6.92 Å². The van der Waals surface area contributed by atoms with E-state index >= 15 is 0 Å². The Bertz CT molecular complexity index is 441. The third-order valence-corrected chi connectivity index (χ3v) is 3.87. The summed E-state index contributed by atoms with van der Waals surface area (Å²) in [5.41, 5.74) is 0.781. The lowest BCUT2D eigenvalue weighted by Gasteiger charge is -2.29. The van der Waals surface area contributed by atoms with Crippen LogP contribution in [0.5, 0.6) is 0 Å². The standard InChI is InChI=1S/C14H18Cl2N2O.ClH/c1-2-18(13-8-11(15)7-12(16)9-13)14(19)10-3-5-17-6-4-10;/h7-10,17H,2-6H2,1H3;1H. The molecule has 0 spiro atoms. The van der Waals surface area contributed by atoms with Crippen LogP contribution in [-0.4, -0.2) is 25.5 Å². The summed E-state index contributed by atoms with van der Waals surface area (Å²) >= 11 is 12.0. The zero-order valence-electron chi connectivity index (χ0n) is 11.4. The molecule has 0 atom stereocenters. The second-order valence-electron chi connectivity index (χ2n) is 4.73. The van der Waals surface area contributed by atoms with E-state index in [1.165, 1.54) is 0 Å². The fourth-order valence-corrected chi connectivity index (χ4v) is 2.96. The van der Waals surface area contributed by atoms with Crippen molar-refractivity contribution >= 4 is 47.2 Å². The fourth-order valence-electron chi connectivity index (χ4n) is 2.45. The number of hydrogen-bond acceptors (Lipinski definition) is 2. The van der Waals surface area contributed by atoms with E-state index in [-0.39, 0.29) is 24.2 Å². The van der Waals surface area contributed by atoms with Crippen molar-refractivity contribution in [3.05, 3.63) is 28.2 Å². The maximum absolute atomic E-state index is 12.6. The molecule has 112 valence electrons. The van der Waals surface area contributed by atoms with Crippen LogP contribution in [0.3, 0.4) is 0 Å². The Morgan fingerprint density at radius 1 is 1.25 bits per heavy atom. The monoisotopic (exact) mass is 336 g/mol. The van der Waals surface area contributed by atoms with Crippen LogP contribution in [0.4, 0.5) is 5.69 Å². The summed E-state index contributed by atoms with van der Waals surface area (Å²) in [5.74, 6) is 0.265. The summed E-state index contributed by atoms with van der Waals surface area (Å²) in [6.07, 6.45) is 1.78. The molecule has 1 N–H and O–H groups in total. The van der Waals surface area contributed by atoms with E-state index in [0.29, 0.717) is 16.6 Å². The van der Waals surface area contributed by atoms with Gasteiger partial charge in [0, 0.05) is 28.2 Å². The van der Waals surface area contributed by atoms with Gasteiger partial charge in [0.2, 0.25) is 5.91 Å². The number of benzene rings is 1. The highest BCUT2D eigenvalue weighted by Gasteiger charge is 2.26. The number of amides is 1. The Kier molecular flexibility index (Phi) is 7.10. The molecule has 20 heavy (non-hydrogen) atoms. The quantitative estimate of drug-likeness (QED) is 0.910. The highest BCUT2D eigenvalue weighted by molar-refractivity contribution is 6.35. The zero-order valence-corrected chi connectivity index (χ0v) is 13.7. The number of piperidine rings is 1. The topological polar surface area (TPSA) is 32.3 Å². The van der Waals surface area contributed by atoms with E-state index < -0.39 is 0 Å². The highest BCUT2D eigenvalue weighted by Crippen LogP contribution is 2.27. The van der Waals surface area contributed by atoms with Gasteiger partial charge in [-0.3, -0.25) is 4.79 Å². The minimum absolute atomic E-state index is 0. The summed E-state index contributed by atoms with van der Waals surface area (Å²) in [5, 5.41) is 4.38. The normalized spacial score (nSPS) is 15.6. The maximum Gasteiger partial charge on any atom is 0.230 e. The lowest BCUT2D eigenvalue weighted by molar-refractivity contribution is -0.123. The molecule has 6 heteroatoms. The summed E-state index contributed by atoms with van der Waals surface area (Å²) in [6, 6.07) is 5.25. The maximum atomic E-state index is 12.6. The van der Waals surface area contributed by atoms with Crippen LogP contribution in [0.2, 0.25) is 10.0 Å². The number of anilines is 1. The molecular weight excluding hydrogens is 319 g/mol. The summed E-state index contributed by atoms with van der Waals surface area (Å²) in [7, 11) is 0. The zero-order chi connectivity index (χ0) is 13.8. The summed E-state index contributed by atoms with van der Waals surface area (Å²) < 4.78 is 0. The first kappa shape index (κ1) is 17.6. The Hall–Kier alpha value is -0.480. The molecule has 1 heterocycles. The Labute approximate surface area is 136 Å². The van der Waals surface area contributed by atoms with E-state index in [1.54, 1.807) is 23.1 Å². The molecule has 1 aliphatic heterocycles. The molecule has 1 amide bonds. The first-order chi connectivity index (χ1) is 9.11. The molecule has 3 nitrogen and oxygen atoms in total. The van der Waals surface area contributed by atoms with Crippen molar-refractivity contribution in [1.82, 2.24) is 5.32 Å². The van der Waals surface area contributed by atoms with E-state index in [9.17, 15) is 4.79 Å². The van der Waals surface area contributed by atoms with Gasteiger partial charge in [0.1, 0.15) is 0 Å². The first-order valence-corrected chi connectivity index (χ1v) is 7.35. The number of hydrogen-bond donors (Lipinski definition) is 1. The van der Waals surface area contributed by atoms with Gasteiger partial charge in [0.05, 0.1) is 0 Å². The number of carbonyl (C=O) groups is 1. The van der Waals surface area contributed by atoms with Crippen LogP contribution in [0.1, 0.15) is 19.8 Å². The second kappa shape index (κ2) is 8.08. The molecule has 1 saturated heterocycles. The minimum atomic E-state index is 0. The van der Waals surface area contributed by atoms with Gasteiger partial charge in [-0.1, -0.05) is 23.2 Å². The third-order valence-electron chi connectivity index (χ3n) is 3.43. The van der Waals surface area contributed by atoms with Gasteiger partial charge in [-0.05, 0) is 51.1 Å². The van der Waals surface area contributed by atoms with E-state index in [0.717, 1.165) is 31.6 Å². The molecular formula is C14H19Cl3N2O. The molecule has 0 radical (unpaired) electrons. The molecule has 2 rings (SSSR count). The molecule has 0 aromatic heterocycles. The fraction of sp³-hybridized carbons (Fsp3) is 0.500. The summed E-state index contributed by atoms with van der Waals surface area (Å²) in [6.45, 7) is 4.40. The predicted octanol–water partition coefficient (Wildman–Crippen LogP) is 3.77. The van der Waals surface area contributed by atoms with Gasteiger partial charge in [-0.15, -0.1) is 12.4 Å². The SMILES string of the molecule is CCN(C(=O)C1CCNCC1)c1cc(Cl)cc(Cl)c1.Cl. The lowest BCUT2D eigenvalue weighted by Crippen LogP contribution is -2.41. The highest BCUT2D eigenvalue weighted by atomic mass is 35.5. The Balaban J connectivity index is 0.00000200. The average Bonchev–Trinajstić information content (AvgIpc) is 2.39. The largest absolute Gasteiger partial charge is 0.317 e. The van der Waals surface area contributed by atoms with Crippen LogP contribution in [0, 0.1) is 5.92 Å². The Morgan fingerprint density at radius 3 is 2.30 bits per heavy atom. The van der Waals surface area contributed by atoms with Gasteiger partial charge in [-0.25, -0.2) is 0 Å². The van der Waals surface area contributed by atoms with Crippen molar-refractivity contribution in [3.8, 4) is 0 Å². The van der Waals surface area contributed by atoms with Gasteiger partial charge in [-0.2, -0.15) is 0 Å². The van der Waals surface area contributed by atoms with Gasteiger partial charge >= 0.3 is 0 Å². The van der Waals surface area contributed by atoms with E-state index in [2.05, 4.69) is 5.32 Å². The molecule has 0 aliphatic carbocycles. The smallest absolute Gasteiger partial charge is 0.230 e. The van der Waals surface area contributed by atoms with Gasteiger partial charge in [0.25, 0.3) is 0 Å². The van der Waals surface area contributed by atoms with E-state index in [4.69, 9.17) is 23.2 Å². The second-order valence-corrected chi connectivity index (χ2v) is 5.61. The number of nitrogens with zero attached hydrogens (tertiary/aromatic N) is 1. The molecule has 1 aromatic rings. The molecule has 1 fully saturated rings. The summed E-state index contributed by atoms with van der Waals surface area (Å²) in [4.78, 5) is 14.3. The van der Waals surface area contributed by atoms with Gasteiger partial charge in [0.15, 0.2) is 0 Å². The number of nitrogens with one attached hydrogen (secondary N) is 1. The first-order valence-electron chi connectivity index (χ1n) is 6.60. The molecule has 1 aliphatic rings. The van der Waals surface area contributed by atoms with Gasteiger partial charge < -0.3 is 10.2 Å². The van der Waals surface area contributed by atoms with Crippen LogP contribution >= 0.6 is 35.6 Å². The molecule has 0 bridgehead atoms. The van der Waals surface area contributed by atoms with Crippen molar-refractivity contribution in [2.24, 2.45) is 5.92 Å². The van der Waals surface area contributed by atoms with Crippen molar-refractivity contribution in [2.45, 2.75) is 19.8 Å². The number of halogens is 3. The van der Waals surface area contributed by atoms with Crippen LogP contribution < -0.4 is 10.2 Å². The predicted molar refractivity (Wildman–Crippen MR) is 87.3 cm³/mol. The Morgan fingerprint density at radius 2 is 1.80 bits per heavy atom. The van der Waals surface area contributed by atoms with Crippen molar-refractivity contribution < 1.29 is 4.79 Å². The van der Waals surface area contributed by atoms with Crippen LogP contribution in [0.25, 0.3) is 0 Å². The van der Waals surface area contributed by atoms with Crippen molar-refractivity contribution in [3.63, 3.8) is 0 Å². The number of rotatable bonds is 3. The van der Waals surface area contributed by atoms with Crippen LogP contribution in [-0.2, 0) is 4.79 Å². The third kappa shape index (κ3) is 4.26. The number of carbonyl (C=O) groups excluding carboxylic acids is 1. The lowest BCUT2D eigenvalue weighted by atomic mass is 9.96. The minimum Gasteiger partial charge on any atom is -0.317 e. The average molecular weight is 338 g/mol.